The van der Waals surface area contributed by atoms with Crippen LogP contribution in [0.1, 0.15) is 59.4 Å². The molecule has 0 saturated carbocycles. The molecule has 0 spiro atoms. The number of benzene rings is 1. The fraction of sp³-hybridized carbons (Fsp3) is 0.429. The fourth-order valence-corrected chi connectivity index (χ4v) is 5.75. The van der Waals surface area contributed by atoms with Gasteiger partial charge in [-0.25, -0.2) is 4.98 Å². The Bertz CT molecular complexity index is 1240. The van der Waals surface area contributed by atoms with Crippen molar-refractivity contribution in [1.29, 1.82) is 0 Å². The molecule has 3 aliphatic rings. The zero-order valence-electron chi connectivity index (χ0n) is 20.6. The van der Waals surface area contributed by atoms with Crippen LogP contribution in [0.2, 0.25) is 0 Å². The molecule has 0 saturated heterocycles. The molecular weight excluding hydrogens is 424 g/mol. The number of Topliss-reactive ketones (excluding diaryl/α,β-unsaturated/α-hetero) is 1. The molecule has 34 heavy (non-hydrogen) atoms. The summed E-state index contributed by atoms with van der Waals surface area (Å²) < 4.78 is 5.82. The molecule has 0 amide bonds. The maximum atomic E-state index is 13.7. The van der Waals surface area contributed by atoms with Crippen molar-refractivity contribution in [2.24, 2.45) is 15.6 Å². The number of hydrogen-bond acceptors (Lipinski definition) is 6. The number of ether oxygens (including phenoxy) is 1. The van der Waals surface area contributed by atoms with Gasteiger partial charge in [-0.15, -0.1) is 0 Å². The molecule has 1 aliphatic carbocycles. The Morgan fingerprint density at radius 1 is 1.15 bits per heavy atom. The maximum absolute atomic E-state index is 13.7. The van der Waals surface area contributed by atoms with E-state index >= 15 is 0 Å². The van der Waals surface area contributed by atoms with Gasteiger partial charge in [0.05, 0.1) is 17.7 Å². The van der Waals surface area contributed by atoms with Gasteiger partial charge in [0.25, 0.3) is 0 Å². The van der Waals surface area contributed by atoms with Crippen LogP contribution in [0.15, 0.2) is 75.9 Å². The van der Waals surface area contributed by atoms with Gasteiger partial charge in [0, 0.05) is 35.5 Å². The number of carbonyl (C=O) groups is 1. The molecule has 1 N–H and O–H groups in total. The van der Waals surface area contributed by atoms with Crippen molar-refractivity contribution >= 4 is 5.78 Å². The molecule has 6 heteroatoms. The van der Waals surface area contributed by atoms with Gasteiger partial charge < -0.3 is 10.1 Å². The topological polar surface area (TPSA) is 75.9 Å². The lowest BCUT2D eigenvalue weighted by molar-refractivity contribution is -0.119. The van der Waals surface area contributed by atoms with Crippen LogP contribution in [-0.2, 0) is 10.2 Å². The summed E-state index contributed by atoms with van der Waals surface area (Å²) in [7, 11) is 0. The summed E-state index contributed by atoms with van der Waals surface area (Å²) in [4.78, 5) is 18.0. The van der Waals surface area contributed by atoms with Crippen LogP contribution in [-0.4, -0.2) is 23.0 Å². The predicted octanol–water partition coefficient (Wildman–Crippen LogP) is 6.11. The molecule has 2 aromatic rings. The van der Waals surface area contributed by atoms with Gasteiger partial charge in [-0.2, -0.15) is 10.2 Å². The number of ketones is 1. The van der Waals surface area contributed by atoms with Crippen molar-refractivity contribution < 1.29 is 9.53 Å². The Morgan fingerprint density at radius 3 is 2.71 bits per heavy atom. The number of pyridine rings is 1. The highest BCUT2D eigenvalue weighted by molar-refractivity contribution is 6.01. The first kappa shape index (κ1) is 22.5. The van der Waals surface area contributed by atoms with E-state index in [1.54, 1.807) is 6.20 Å². The lowest BCUT2D eigenvalue weighted by Gasteiger charge is -2.47. The molecule has 3 heterocycles. The molecule has 0 radical (unpaired) electrons. The van der Waals surface area contributed by atoms with Crippen molar-refractivity contribution in [2.45, 2.75) is 71.6 Å². The van der Waals surface area contributed by atoms with E-state index in [0.717, 1.165) is 46.4 Å². The lowest BCUT2D eigenvalue weighted by Crippen LogP contribution is -2.51. The van der Waals surface area contributed by atoms with Crippen LogP contribution in [0.3, 0.4) is 0 Å². The molecule has 176 valence electrons. The molecule has 5 rings (SSSR count). The van der Waals surface area contributed by atoms with Crippen LogP contribution in [0, 0.1) is 5.41 Å². The summed E-state index contributed by atoms with van der Waals surface area (Å²) in [6.07, 6.45) is 5.59. The molecule has 1 aromatic carbocycles. The fourth-order valence-electron chi connectivity index (χ4n) is 5.75. The number of fused-ring (bicyclic) bond motifs is 1. The molecule has 6 nitrogen and oxygen atoms in total. The van der Waals surface area contributed by atoms with Gasteiger partial charge in [0.1, 0.15) is 0 Å². The van der Waals surface area contributed by atoms with Crippen molar-refractivity contribution in [2.75, 3.05) is 0 Å². The number of rotatable bonds is 5. The number of azo groups is 1. The second-order valence-corrected chi connectivity index (χ2v) is 10.5. The first-order chi connectivity index (χ1) is 16.2. The third-order valence-electron chi connectivity index (χ3n) is 7.09. The van der Waals surface area contributed by atoms with Gasteiger partial charge >= 0.3 is 0 Å². The van der Waals surface area contributed by atoms with E-state index in [1.807, 2.05) is 32.2 Å². The summed E-state index contributed by atoms with van der Waals surface area (Å²) in [5.74, 6) is 0.824. The average Bonchev–Trinajstić information content (AvgIpc) is 3.25. The van der Waals surface area contributed by atoms with Gasteiger partial charge in [0.15, 0.2) is 11.9 Å². The number of aromatic nitrogens is 1. The molecule has 2 aliphatic heterocycles. The minimum atomic E-state index is -0.553. The van der Waals surface area contributed by atoms with E-state index in [-0.39, 0.29) is 23.5 Å². The SMILES string of the molecule is CCC1(c2cccc(-c3ccnc(OC(C)C)c3)c2)C2=CN=NC2NC2=C1C(=O)CC(C)(C)C2. The lowest BCUT2D eigenvalue weighted by atomic mass is 9.58. The summed E-state index contributed by atoms with van der Waals surface area (Å²) in [6, 6.07) is 12.5. The highest BCUT2D eigenvalue weighted by Gasteiger charge is 2.52. The van der Waals surface area contributed by atoms with Crippen LogP contribution in [0.5, 0.6) is 5.88 Å². The van der Waals surface area contributed by atoms with Crippen LogP contribution < -0.4 is 10.1 Å². The number of nitrogens with one attached hydrogen (secondary N) is 1. The van der Waals surface area contributed by atoms with Gasteiger partial charge in [0.2, 0.25) is 5.88 Å². The third kappa shape index (κ3) is 3.65. The van der Waals surface area contributed by atoms with E-state index in [9.17, 15) is 4.79 Å². The first-order valence-electron chi connectivity index (χ1n) is 12.1. The highest BCUT2D eigenvalue weighted by atomic mass is 16.5. The smallest absolute Gasteiger partial charge is 0.214 e. The normalized spacial score (nSPS) is 25.1. The molecular formula is C28H32N4O2. The Morgan fingerprint density at radius 2 is 1.94 bits per heavy atom. The average molecular weight is 457 g/mol. The minimum absolute atomic E-state index is 0.0536. The molecule has 0 bridgehead atoms. The maximum Gasteiger partial charge on any atom is 0.214 e. The van der Waals surface area contributed by atoms with Crippen molar-refractivity contribution in [3.05, 3.63) is 71.2 Å². The van der Waals surface area contributed by atoms with Gasteiger partial charge in [-0.1, -0.05) is 39.0 Å². The summed E-state index contributed by atoms with van der Waals surface area (Å²) in [5.41, 5.74) is 5.53. The number of hydrogen-bond donors (Lipinski definition) is 1. The number of carbonyl (C=O) groups excluding carboxylic acids is 1. The van der Waals surface area contributed by atoms with Crippen LogP contribution in [0.25, 0.3) is 11.1 Å². The number of nitrogens with zero attached hydrogens (tertiary/aromatic N) is 3. The highest BCUT2D eigenvalue weighted by Crippen LogP contribution is 2.54. The Hall–Kier alpha value is -3.28. The molecule has 0 fully saturated rings. The summed E-state index contributed by atoms with van der Waals surface area (Å²) >= 11 is 0. The minimum Gasteiger partial charge on any atom is -0.475 e. The third-order valence-corrected chi connectivity index (χ3v) is 7.09. The van der Waals surface area contributed by atoms with Crippen molar-refractivity contribution in [3.63, 3.8) is 0 Å². The summed E-state index contributed by atoms with van der Waals surface area (Å²) in [6.45, 7) is 10.5. The van der Waals surface area contributed by atoms with E-state index in [2.05, 4.69) is 65.6 Å². The quantitative estimate of drug-likeness (QED) is 0.589. The summed E-state index contributed by atoms with van der Waals surface area (Å²) in [5, 5.41) is 12.3. The second-order valence-electron chi connectivity index (χ2n) is 10.5. The zero-order chi connectivity index (χ0) is 24.1. The van der Waals surface area contributed by atoms with Crippen molar-refractivity contribution in [1.82, 2.24) is 10.3 Å². The van der Waals surface area contributed by atoms with E-state index in [4.69, 9.17) is 4.74 Å². The zero-order valence-corrected chi connectivity index (χ0v) is 20.6. The molecule has 2 atom stereocenters. The second kappa shape index (κ2) is 8.19. The largest absolute Gasteiger partial charge is 0.475 e. The van der Waals surface area contributed by atoms with E-state index < -0.39 is 5.41 Å². The Labute approximate surface area is 201 Å². The van der Waals surface area contributed by atoms with E-state index in [1.165, 1.54) is 0 Å². The van der Waals surface area contributed by atoms with Crippen LogP contribution in [0.4, 0.5) is 0 Å². The predicted molar refractivity (Wildman–Crippen MR) is 132 cm³/mol. The number of allylic oxidation sites excluding steroid dienone is 2. The molecule has 2 unspecified atom stereocenters. The first-order valence-corrected chi connectivity index (χ1v) is 12.1. The molecule has 1 aromatic heterocycles. The van der Waals surface area contributed by atoms with E-state index in [0.29, 0.717) is 12.3 Å². The monoisotopic (exact) mass is 456 g/mol. The van der Waals surface area contributed by atoms with Gasteiger partial charge in [-0.3, -0.25) is 4.79 Å². The standard InChI is InChI=1S/C28H32N4O2/c1-6-28(20-9-7-8-18(12-20)19-10-11-29-24(13-19)34-17(2)3)21-16-30-32-26(21)31-22-14-27(4,5)15-23(33)25(22)28/h7-13,16-17,26,31H,6,14-15H2,1-5H3. The van der Waals surface area contributed by atoms with Crippen LogP contribution >= 0.6 is 0 Å². The Balaban J connectivity index is 1.67. The van der Waals surface area contributed by atoms with Crippen molar-refractivity contribution in [3.8, 4) is 17.0 Å². The van der Waals surface area contributed by atoms with Gasteiger partial charge in [-0.05, 0) is 60.9 Å². The Kier molecular flexibility index (Phi) is 5.42.